The summed E-state index contributed by atoms with van der Waals surface area (Å²) < 4.78 is 10.5. The Labute approximate surface area is 129 Å². The van der Waals surface area contributed by atoms with Crippen molar-refractivity contribution in [2.75, 3.05) is 14.2 Å². The molecule has 1 fully saturated rings. The first-order chi connectivity index (χ1) is 10.1. The summed E-state index contributed by atoms with van der Waals surface area (Å²) in [4.78, 5) is 13.0. The van der Waals surface area contributed by atoms with Gasteiger partial charge in [0.2, 0.25) is 0 Å². The molecular weight excluding hydrogens is 288 g/mol. The molecule has 0 radical (unpaired) electrons. The van der Waals surface area contributed by atoms with E-state index in [1.54, 1.807) is 25.3 Å². The van der Waals surface area contributed by atoms with Crippen molar-refractivity contribution in [3.63, 3.8) is 0 Å². The van der Waals surface area contributed by atoms with Crippen LogP contribution in [0.25, 0.3) is 0 Å². The summed E-state index contributed by atoms with van der Waals surface area (Å²) in [5.74, 6) is 0.837. The third-order valence-corrected chi connectivity index (χ3v) is 4.15. The molecule has 0 spiro atoms. The highest BCUT2D eigenvalue weighted by Gasteiger charge is 2.31. The Hall–Kier alpha value is -1.82. The van der Waals surface area contributed by atoms with Crippen LogP contribution in [-0.4, -0.2) is 31.2 Å². The van der Waals surface area contributed by atoms with Crippen LogP contribution in [0.5, 0.6) is 11.5 Å². The van der Waals surface area contributed by atoms with Crippen molar-refractivity contribution in [3.05, 3.63) is 23.8 Å². The number of nitrogens with two attached hydrogens (primary N) is 1. The lowest BCUT2D eigenvalue weighted by Gasteiger charge is -2.21. The lowest BCUT2D eigenvalue weighted by molar-refractivity contribution is 0.0930. The SMILES string of the molecule is COc1cccc(C(=O)NC2CCCC2C(N)=S)c1OC. The summed E-state index contributed by atoms with van der Waals surface area (Å²) in [6, 6.07) is 5.21. The first-order valence-corrected chi connectivity index (χ1v) is 7.30. The predicted molar refractivity (Wildman–Crippen MR) is 84.9 cm³/mol. The molecule has 0 bridgehead atoms. The van der Waals surface area contributed by atoms with Crippen LogP contribution in [0.3, 0.4) is 0 Å². The molecule has 1 aromatic carbocycles. The van der Waals surface area contributed by atoms with Crippen LogP contribution in [0.4, 0.5) is 0 Å². The summed E-state index contributed by atoms with van der Waals surface area (Å²) in [7, 11) is 3.06. The van der Waals surface area contributed by atoms with E-state index in [2.05, 4.69) is 5.32 Å². The van der Waals surface area contributed by atoms with Gasteiger partial charge in [0.1, 0.15) is 0 Å². The lowest BCUT2D eigenvalue weighted by Crippen LogP contribution is -2.41. The number of benzene rings is 1. The molecule has 3 N–H and O–H groups in total. The molecule has 1 aliphatic rings. The van der Waals surface area contributed by atoms with Crippen molar-refractivity contribution < 1.29 is 14.3 Å². The molecule has 1 saturated carbocycles. The van der Waals surface area contributed by atoms with Gasteiger partial charge in [-0.25, -0.2) is 0 Å². The normalized spacial score (nSPS) is 20.9. The molecule has 1 amide bonds. The fraction of sp³-hybridized carbons (Fsp3) is 0.467. The smallest absolute Gasteiger partial charge is 0.255 e. The van der Waals surface area contributed by atoms with Gasteiger partial charge in [0.05, 0.1) is 24.8 Å². The average Bonchev–Trinajstić information content (AvgIpc) is 2.94. The maximum Gasteiger partial charge on any atom is 0.255 e. The minimum absolute atomic E-state index is 0.00842. The van der Waals surface area contributed by atoms with Gasteiger partial charge in [-0.15, -0.1) is 0 Å². The highest BCUT2D eigenvalue weighted by Crippen LogP contribution is 2.31. The second-order valence-corrected chi connectivity index (χ2v) is 5.53. The fourth-order valence-electron chi connectivity index (χ4n) is 2.79. The van der Waals surface area contributed by atoms with Gasteiger partial charge >= 0.3 is 0 Å². The van der Waals surface area contributed by atoms with E-state index in [-0.39, 0.29) is 17.9 Å². The fourth-order valence-corrected chi connectivity index (χ4v) is 3.07. The Morgan fingerprint density at radius 1 is 1.33 bits per heavy atom. The van der Waals surface area contributed by atoms with E-state index in [9.17, 15) is 4.79 Å². The average molecular weight is 308 g/mol. The van der Waals surface area contributed by atoms with Crippen LogP contribution < -0.4 is 20.5 Å². The zero-order valence-corrected chi connectivity index (χ0v) is 13.0. The van der Waals surface area contributed by atoms with Crippen molar-refractivity contribution in [1.82, 2.24) is 5.32 Å². The molecule has 0 saturated heterocycles. The number of nitrogens with one attached hydrogen (secondary N) is 1. The molecule has 0 heterocycles. The molecule has 1 aromatic rings. The van der Waals surface area contributed by atoms with Crippen LogP contribution in [0.15, 0.2) is 18.2 Å². The molecule has 2 rings (SSSR count). The van der Waals surface area contributed by atoms with Gasteiger partial charge in [-0.2, -0.15) is 0 Å². The Morgan fingerprint density at radius 2 is 2.10 bits per heavy atom. The molecule has 114 valence electrons. The number of rotatable bonds is 5. The van der Waals surface area contributed by atoms with Crippen LogP contribution in [0.2, 0.25) is 0 Å². The van der Waals surface area contributed by atoms with Crippen molar-refractivity contribution in [2.45, 2.75) is 25.3 Å². The Kier molecular flexibility index (Phi) is 5.01. The van der Waals surface area contributed by atoms with E-state index in [1.165, 1.54) is 7.11 Å². The predicted octanol–water partition coefficient (Wildman–Crippen LogP) is 1.89. The Morgan fingerprint density at radius 3 is 2.71 bits per heavy atom. The standard InChI is InChI=1S/C15H20N2O3S/c1-19-12-8-4-6-10(13(12)20-2)15(18)17-11-7-3-5-9(11)14(16)21/h4,6,8-9,11H,3,5,7H2,1-2H3,(H2,16,21)(H,17,18). The van der Waals surface area contributed by atoms with Crippen molar-refractivity contribution >= 4 is 23.1 Å². The third-order valence-electron chi connectivity index (χ3n) is 3.85. The zero-order chi connectivity index (χ0) is 15.4. The van der Waals surface area contributed by atoms with Gasteiger partial charge in [0.15, 0.2) is 11.5 Å². The minimum Gasteiger partial charge on any atom is -0.493 e. The summed E-state index contributed by atoms with van der Waals surface area (Å²) >= 11 is 5.07. The molecule has 21 heavy (non-hydrogen) atoms. The lowest BCUT2D eigenvalue weighted by atomic mass is 10.0. The highest BCUT2D eigenvalue weighted by atomic mass is 32.1. The number of ether oxygens (including phenoxy) is 2. The minimum atomic E-state index is -0.195. The van der Waals surface area contributed by atoms with Gasteiger partial charge < -0.3 is 20.5 Å². The quantitative estimate of drug-likeness (QED) is 0.813. The van der Waals surface area contributed by atoms with E-state index < -0.39 is 0 Å². The van der Waals surface area contributed by atoms with Crippen LogP contribution in [0.1, 0.15) is 29.6 Å². The molecule has 6 heteroatoms. The van der Waals surface area contributed by atoms with Gasteiger partial charge in [0, 0.05) is 12.0 Å². The largest absolute Gasteiger partial charge is 0.493 e. The number of para-hydroxylation sites is 1. The second-order valence-electron chi connectivity index (χ2n) is 5.06. The van der Waals surface area contributed by atoms with Crippen LogP contribution >= 0.6 is 12.2 Å². The van der Waals surface area contributed by atoms with Crippen molar-refractivity contribution in [1.29, 1.82) is 0 Å². The summed E-state index contributed by atoms with van der Waals surface area (Å²) in [5.41, 5.74) is 6.19. The van der Waals surface area contributed by atoms with Gasteiger partial charge in [0.25, 0.3) is 5.91 Å². The summed E-state index contributed by atoms with van der Waals surface area (Å²) in [6.45, 7) is 0. The summed E-state index contributed by atoms with van der Waals surface area (Å²) in [5, 5.41) is 3.01. The number of thiocarbonyl (C=S) groups is 1. The number of carbonyl (C=O) groups is 1. The zero-order valence-electron chi connectivity index (χ0n) is 12.2. The second kappa shape index (κ2) is 6.76. The Bertz CT molecular complexity index is 548. The monoisotopic (exact) mass is 308 g/mol. The number of carbonyl (C=O) groups excluding carboxylic acids is 1. The van der Waals surface area contributed by atoms with Crippen LogP contribution in [-0.2, 0) is 0 Å². The Balaban J connectivity index is 2.19. The first-order valence-electron chi connectivity index (χ1n) is 6.89. The van der Waals surface area contributed by atoms with Crippen molar-refractivity contribution in [3.8, 4) is 11.5 Å². The topological polar surface area (TPSA) is 73.6 Å². The number of hydrogen-bond acceptors (Lipinski definition) is 4. The molecule has 2 unspecified atom stereocenters. The van der Waals surface area contributed by atoms with Gasteiger partial charge in [-0.05, 0) is 25.0 Å². The third kappa shape index (κ3) is 3.26. The molecular formula is C15H20N2O3S. The maximum atomic E-state index is 12.5. The highest BCUT2D eigenvalue weighted by molar-refractivity contribution is 7.80. The molecule has 2 atom stereocenters. The van der Waals surface area contributed by atoms with Gasteiger partial charge in [-0.1, -0.05) is 24.7 Å². The van der Waals surface area contributed by atoms with E-state index in [0.29, 0.717) is 22.1 Å². The number of hydrogen-bond donors (Lipinski definition) is 2. The van der Waals surface area contributed by atoms with Crippen LogP contribution in [0, 0.1) is 5.92 Å². The van der Waals surface area contributed by atoms with E-state index >= 15 is 0 Å². The number of amides is 1. The number of methoxy groups -OCH3 is 2. The molecule has 0 aromatic heterocycles. The van der Waals surface area contributed by atoms with E-state index in [4.69, 9.17) is 27.4 Å². The summed E-state index contributed by atoms with van der Waals surface area (Å²) in [6.07, 6.45) is 2.83. The first kappa shape index (κ1) is 15.6. The van der Waals surface area contributed by atoms with Gasteiger partial charge in [-0.3, -0.25) is 4.79 Å². The molecule has 0 aliphatic heterocycles. The molecule has 5 nitrogen and oxygen atoms in total. The maximum absolute atomic E-state index is 12.5. The molecule has 1 aliphatic carbocycles. The van der Waals surface area contributed by atoms with E-state index in [1.807, 2.05) is 0 Å². The van der Waals surface area contributed by atoms with Crippen molar-refractivity contribution in [2.24, 2.45) is 11.7 Å². The van der Waals surface area contributed by atoms with E-state index in [0.717, 1.165) is 19.3 Å².